The van der Waals surface area contributed by atoms with Crippen LogP contribution in [-0.4, -0.2) is 22.0 Å². The Morgan fingerprint density at radius 1 is 1.65 bits per heavy atom. The van der Waals surface area contributed by atoms with E-state index >= 15 is 0 Å². The number of aryl methyl sites for hydroxylation is 1. The van der Waals surface area contributed by atoms with Crippen molar-refractivity contribution in [1.82, 2.24) is 9.78 Å². The Kier molecular flexibility index (Phi) is 3.90. The summed E-state index contributed by atoms with van der Waals surface area (Å²) >= 11 is 3.53. The molecule has 4 nitrogen and oxygen atoms in total. The van der Waals surface area contributed by atoms with E-state index in [4.69, 9.17) is 10.5 Å². The van der Waals surface area contributed by atoms with Gasteiger partial charge in [0, 0.05) is 13.2 Å². The van der Waals surface area contributed by atoms with Crippen molar-refractivity contribution >= 4 is 15.9 Å². The molecule has 1 aromatic heterocycles. The molecule has 0 aliphatic carbocycles. The zero-order valence-corrected chi connectivity index (χ0v) is 12.0. The van der Waals surface area contributed by atoms with Crippen LogP contribution >= 0.6 is 15.9 Å². The van der Waals surface area contributed by atoms with Crippen molar-refractivity contribution in [3.8, 4) is 0 Å². The number of halogens is 1. The number of nitrogens with two attached hydrogens (primary N) is 1. The normalized spacial score (nSPS) is 27.1. The van der Waals surface area contributed by atoms with Crippen molar-refractivity contribution in [3.05, 3.63) is 16.4 Å². The minimum Gasteiger partial charge on any atom is -0.373 e. The van der Waals surface area contributed by atoms with Gasteiger partial charge in [-0.3, -0.25) is 4.68 Å². The summed E-state index contributed by atoms with van der Waals surface area (Å²) in [6.07, 6.45) is 5.14. The molecular weight excluding hydrogens is 282 g/mol. The molecule has 0 saturated carbocycles. The fourth-order valence-corrected chi connectivity index (χ4v) is 2.97. The maximum Gasteiger partial charge on any atom is 0.0861 e. The van der Waals surface area contributed by atoms with Crippen molar-refractivity contribution in [2.24, 2.45) is 5.73 Å². The Morgan fingerprint density at radius 2 is 2.41 bits per heavy atom. The van der Waals surface area contributed by atoms with E-state index < -0.39 is 0 Å². The summed E-state index contributed by atoms with van der Waals surface area (Å²) in [5.41, 5.74) is 7.18. The first-order chi connectivity index (χ1) is 8.08. The molecule has 2 rings (SSSR count). The maximum absolute atomic E-state index is 6.41. The van der Waals surface area contributed by atoms with Crippen LogP contribution in [0.15, 0.2) is 10.7 Å². The van der Waals surface area contributed by atoms with Crippen LogP contribution in [0.5, 0.6) is 0 Å². The highest BCUT2D eigenvalue weighted by molar-refractivity contribution is 9.10. The number of aromatic nitrogens is 2. The van der Waals surface area contributed by atoms with Gasteiger partial charge in [0.2, 0.25) is 0 Å². The first-order valence-corrected chi connectivity index (χ1v) is 6.98. The Bertz CT molecular complexity index is 385. The Labute approximate surface area is 111 Å². The predicted octanol–water partition coefficient (Wildman–Crippen LogP) is 2.62. The minimum absolute atomic E-state index is 0.139. The third kappa shape index (κ3) is 2.41. The van der Waals surface area contributed by atoms with Gasteiger partial charge in [0.15, 0.2) is 0 Å². The molecule has 0 spiro atoms. The van der Waals surface area contributed by atoms with Crippen LogP contribution in [0.1, 0.15) is 44.8 Å². The fraction of sp³-hybridized carbons (Fsp3) is 0.750. The van der Waals surface area contributed by atoms with Crippen LogP contribution in [-0.2, 0) is 11.3 Å². The lowest BCUT2D eigenvalue weighted by molar-refractivity contribution is -0.0836. The Balaban J connectivity index is 2.28. The number of nitrogens with zero attached hydrogens (tertiary/aromatic N) is 2. The van der Waals surface area contributed by atoms with E-state index in [1.165, 1.54) is 6.42 Å². The van der Waals surface area contributed by atoms with E-state index in [9.17, 15) is 0 Å². The fourth-order valence-electron chi connectivity index (χ4n) is 2.42. The summed E-state index contributed by atoms with van der Waals surface area (Å²) in [5, 5.41) is 4.32. The summed E-state index contributed by atoms with van der Waals surface area (Å²) in [7, 11) is 0. The van der Waals surface area contributed by atoms with Crippen molar-refractivity contribution in [1.29, 1.82) is 0 Å². The zero-order chi connectivity index (χ0) is 12.5. The second-order valence-corrected chi connectivity index (χ2v) is 5.64. The summed E-state index contributed by atoms with van der Waals surface area (Å²) < 4.78 is 8.84. The number of rotatable bonds is 3. The lowest BCUT2D eigenvalue weighted by Crippen LogP contribution is -2.44. The SMILES string of the molecule is CCn1ncc(Br)c1C(N)C1(C)CCCCO1. The standard InChI is InChI=1S/C12H20BrN3O/c1-3-16-10(9(13)8-15-16)11(14)12(2)6-4-5-7-17-12/h8,11H,3-7,14H2,1-2H3. The molecule has 96 valence electrons. The number of hydrogen-bond acceptors (Lipinski definition) is 3. The third-order valence-electron chi connectivity index (χ3n) is 3.58. The molecule has 1 fully saturated rings. The molecular formula is C12H20BrN3O. The molecule has 0 amide bonds. The molecule has 0 bridgehead atoms. The molecule has 1 aliphatic rings. The van der Waals surface area contributed by atoms with Crippen molar-refractivity contribution in [2.45, 2.75) is 51.3 Å². The molecule has 0 aromatic carbocycles. The average Bonchev–Trinajstić information content (AvgIpc) is 2.70. The van der Waals surface area contributed by atoms with Crippen LogP contribution in [0.25, 0.3) is 0 Å². The van der Waals surface area contributed by atoms with E-state index in [0.717, 1.165) is 36.2 Å². The molecule has 2 atom stereocenters. The van der Waals surface area contributed by atoms with E-state index in [1.54, 1.807) is 0 Å². The van der Waals surface area contributed by atoms with Crippen molar-refractivity contribution in [2.75, 3.05) is 6.61 Å². The summed E-state index contributed by atoms with van der Waals surface area (Å²) in [4.78, 5) is 0. The van der Waals surface area contributed by atoms with Gasteiger partial charge in [-0.05, 0) is 49.0 Å². The zero-order valence-electron chi connectivity index (χ0n) is 10.4. The lowest BCUT2D eigenvalue weighted by atomic mass is 9.87. The van der Waals surface area contributed by atoms with E-state index in [-0.39, 0.29) is 11.6 Å². The van der Waals surface area contributed by atoms with Gasteiger partial charge in [-0.15, -0.1) is 0 Å². The molecule has 2 unspecified atom stereocenters. The largest absolute Gasteiger partial charge is 0.373 e. The monoisotopic (exact) mass is 301 g/mol. The van der Waals surface area contributed by atoms with E-state index in [0.29, 0.717) is 0 Å². The molecule has 1 aromatic rings. The number of hydrogen-bond donors (Lipinski definition) is 1. The second kappa shape index (κ2) is 5.08. The highest BCUT2D eigenvalue weighted by atomic mass is 79.9. The van der Waals surface area contributed by atoms with Crippen LogP contribution in [0.3, 0.4) is 0 Å². The quantitative estimate of drug-likeness (QED) is 0.934. The molecule has 2 N–H and O–H groups in total. The first-order valence-electron chi connectivity index (χ1n) is 6.19. The highest BCUT2D eigenvalue weighted by Gasteiger charge is 2.38. The van der Waals surface area contributed by atoms with Crippen molar-refractivity contribution in [3.63, 3.8) is 0 Å². The van der Waals surface area contributed by atoms with Gasteiger partial charge in [-0.25, -0.2) is 0 Å². The van der Waals surface area contributed by atoms with Gasteiger partial charge in [-0.2, -0.15) is 5.10 Å². The second-order valence-electron chi connectivity index (χ2n) is 4.79. The van der Waals surface area contributed by atoms with Gasteiger partial charge in [0.25, 0.3) is 0 Å². The molecule has 1 aliphatic heterocycles. The van der Waals surface area contributed by atoms with Gasteiger partial charge < -0.3 is 10.5 Å². The predicted molar refractivity (Wildman–Crippen MR) is 70.7 cm³/mol. The molecule has 1 saturated heterocycles. The Morgan fingerprint density at radius 3 is 3.00 bits per heavy atom. The van der Waals surface area contributed by atoms with E-state index in [2.05, 4.69) is 34.9 Å². The van der Waals surface area contributed by atoms with Gasteiger partial charge in [0.05, 0.1) is 28.0 Å². The number of ether oxygens (including phenoxy) is 1. The topological polar surface area (TPSA) is 53.1 Å². The van der Waals surface area contributed by atoms with Crippen LogP contribution in [0.4, 0.5) is 0 Å². The summed E-state index contributed by atoms with van der Waals surface area (Å²) in [6, 6.07) is -0.139. The van der Waals surface area contributed by atoms with Crippen LogP contribution in [0, 0.1) is 0 Å². The van der Waals surface area contributed by atoms with Gasteiger partial charge >= 0.3 is 0 Å². The Hall–Kier alpha value is -0.390. The average molecular weight is 302 g/mol. The van der Waals surface area contributed by atoms with Crippen LogP contribution in [0.2, 0.25) is 0 Å². The smallest absolute Gasteiger partial charge is 0.0861 e. The maximum atomic E-state index is 6.41. The van der Waals surface area contributed by atoms with E-state index in [1.807, 2.05) is 10.9 Å². The highest BCUT2D eigenvalue weighted by Crippen LogP contribution is 2.37. The summed E-state index contributed by atoms with van der Waals surface area (Å²) in [5.74, 6) is 0. The van der Waals surface area contributed by atoms with Gasteiger partial charge in [-0.1, -0.05) is 0 Å². The van der Waals surface area contributed by atoms with Crippen LogP contribution < -0.4 is 5.73 Å². The lowest BCUT2D eigenvalue weighted by Gasteiger charge is -2.39. The molecule has 2 heterocycles. The summed E-state index contributed by atoms with van der Waals surface area (Å²) in [6.45, 7) is 5.81. The molecule has 0 radical (unpaired) electrons. The first kappa shape index (κ1) is 13.1. The van der Waals surface area contributed by atoms with Crippen molar-refractivity contribution < 1.29 is 4.74 Å². The third-order valence-corrected chi connectivity index (χ3v) is 4.20. The molecule has 5 heteroatoms. The molecule has 17 heavy (non-hydrogen) atoms. The van der Waals surface area contributed by atoms with Gasteiger partial charge in [0.1, 0.15) is 0 Å². The minimum atomic E-state index is -0.270.